The molecule has 2 aliphatic heterocycles. The summed E-state index contributed by atoms with van der Waals surface area (Å²) in [6.07, 6.45) is 0.513. The molecule has 2 aliphatic rings. The molecule has 29 heavy (non-hydrogen) atoms. The number of halogens is 1. The van der Waals surface area contributed by atoms with Gasteiger partial charge in [0, 0.05) is 56.2 Å². The summed E-state index contributed by atoms with van der Waals surface area (Å²) in [5.41, 5.74) is 1.98. The third kappa shape index (κ3) is 4.54. The SMILES string of the molecule is O=C(CCC(=O)N1CCSc2ccccc21)N1CCN(c2ccccc2Cl)CC1. The molecule has 0 radical (unpaired) electrons. The number of para-hydroxylation sites is 2. The Hall–Kier alpha value is -2.18. The van der Waals surface area contributed by atoms with E-state index in [1.807, 2.05) is 58.3 Å². The first kappa shape index (κ1) is 20.1. The van der Waals surface area contributed by atoms with Gasteiger partial charge < -0.3 is 14.7 Å². The molecule has 4 rings (SSSR count). The van der Waals surface area contributed by atoms with E-state index in [9.17, 15) is 9.59 Å². The minimum Gasteiger partial charge on any atom is -0.367 e. The average Bonchev–Trinajstić information content (AvgIpc) is 2.77. The standard InChI is InChI=1S/C22H24ClN3O2S/c23-17-5-1-2-6-18(17)24-11-13-25(14-12-24)21(27)9-10-22(28)26-15-16-29-20-8-4-3-7-19(20)26/h1-8H,9-16H2. The predicted octanol–water partition coefficient (Wildman–Crippen LogP) is 3.91. The Morgan fingerprint density at radius 1 is 0.828 bits per heavy atom. The van der Waals surface area contributed by atoms with Gasteiger partial charge in [-0.05, 0) is 24.3 Å². The minimum absolute atomic E-state index is 0.0285. The Morgan fingerprint density at radius 3 is 2.24 bits per heavy atom. The molecule has 0 aliphatic carbocycles. The van der Waals surface area contributed by atoms with Crippen LogP contribution in [0.2, 0.25) is 5.02 Å². The van der Waals surface area contributed by atoms with Crippen LogP contribution in [0.25, 0.3) is 0 Å². The molecule has 0 bridgehead atoms. The van der Waals surface area contributed by atoms with E-state index < -0.39 is 0 Å². The van der Waals surface area contributed by atoms with Gasteiger partial charge in [-0.2, -0.15) is 0 Å². The lowest BCUT2D eigenvalue weighted by Crippen LogP contribution is -2.49. The maximum Gasteiger partial charge on any atom is 0.227 e. The molecule has 2 aromatic carbocycles. The lowest BCUT2D eigenvalue weighted by Gasteiger charge is -2.36. The van der Waals surface area contributed by atoms with Crippen LogP contribution >= 0.6 is 23.4 Å². The molecule has 0 aromatic heterocycles. The summed E-state index contributed by atoms with van der Waals surface area (Å²) in [5.74, 6) is 0.971. The van der Waals surface area contributed by atoms with Crippen LogP contribution in [-0.4, -0.2) is 55.2 Å². The molecule has 7 heteroatoms. The highest BCUT2D eigenvalue weighted by Crippen LogP contribution is 2.34. The van der Waals surface area contributed by atoms with Crippen molar-refractivity contribution in [2.45, 2.75) is 17.7 Å². The summed E-state index contributed by atoms with van der Waals surface area (Å²) < 4.78 is 0. The van der Waals surface area contributed by atoms with Gasteiger partial charge in [0.05, 0.1) is 16.4 Å². The van der Waals surface area contributed by atoms with Crippen molar-refractivity contribution < 1.29 is 9.59 Å². The third-order valence-electron chi connectivity index (χ3n) is 5.41. The van der Waals surface area contributed by atoms with Gasteiger partial charge in [0.15, 0.2) is 0 Å². The van der Waals surface area contributed by atoms with Crippen molar-refractivity contribution in [2.75, 3.05) is 48.3 Å². The van der Waals surface area contributed by atoms with Crippen LogP contribution in [0.15, 0.2) is 53.4 Å². The fraction of sp³-hybridized carbons (Fsp3) is 0.364. The Bertz CT molecular complexity index is 899. The van der Waals surface area contributed by atoms with E-state index >= 15 is 0 Å². The molecule has 0 saturated carbocycles. The summed E-state index contributed by atoms with van der Waals surface area (Å²) in [6, 6.07) is 15.8. The number of hydrogen-bond acceptors (Lipinski definition) is 4. The normalized spacial score (nSPS) is 16.5. The quantitative estimate of drug-likeness (QED) is 0.739. The van der Waals surface area contributed by atoms with Crippen molar-refractivity contribution in [3.8, 4) is 0 Å². The van der Waals surface area contributed by atoms with Gasteiger partial charge in [-0.1, -0.05) is 35.9 Å². The molecule has 1 saturated heterocycles. The summed E-state index contributed by atoms with van der Waals surface area (Å²) in [4.78, 5) is 32.4. The molecule has 0 atom stereocenters. The van der Waals surface area contributed by atoms with Crippen LogP contribution in [0.1, 0.15) is 12.8 Å². The van der Waals surface area contributed by atoms with Gasteiger partial charge in [0.2, 0.25) is 11.8 Å². The highest BCUT2D eigenvalue weighted by Gasteiger charge is 2.26. The molecule has 0 N–H and O–H groups in total. The van der Waals surface area contributed by atoms with Gasteiger partial charge in [0.1, 0.15) is 0 Å². The second-order valence-corrected chi connectivity index (χ2v) is 8.72. The van der Waals surface area contributed by atoms with Crippen LogP contribution in [0.5, 0.6) is 0 Å². The Morgan fingerprint density at radius 2 is 1.48 bits per heavy atom. The lowest BCUT2D eigenvalue weighted by molar-refractivity contribution is -0.133. The molecule has 0 unspecified atom stereocenters. The summed E-state index contributed by atoms with van der Waals surface area (Å²) in [6.45, 7) is 3.51. The van der Waals surface area contributed by atoms with E-state index in [2.05, 4.69) is 4.90 Å². The van der Waals surface area contributed by atoms with Crippen LogP contribution in [0.4, 0.5) is 11.4 Å². The number of thioether (sulfide) groups is 1. The highest BCUT2D eigenvalue weighted by molar-refractivity contribution is 7.99. The van der Waals surface area contributed by atoms with E-state index in [1.54, 1.807) is 11.8 Å². The Balaban J connectivity index is 1.29. The number of amides is 2. The van der Waals surface area contributed by atoms with E-state index in [-0.39, 0.29) is 24.7 Å². The number of anilines is 2. The first-order valence-electron chi connectivity index (χ1n) is 9.93. The van der Waals surface area contributed by atoms with Gasteiger partial charge in [-0.25, -0.2) is 0 Å². The second-order valence-electron chi connectivity index (χ2n) is 7.18. The van der Waals surface area contributed by atoms with Crippen LogP contribution in [-0.2, 0) is 9.59 Å². The smallest absolute Gasteiger partial charge is 0.227 e. The van der Waals surface area contributed by atoms with E-state index in [1.165, 1.54) is 0 Å². The van der Waals surface area contributed by atoms with Crippen molar-refractivity contribution in [2.24, 2.45) is 0 Å². The largest absolute Gasteiger partial charge is 0.367 e. The molecule has 2 heterocycles. The average molecular weight is 430 g/mol. The van der Waals surface area contributed by atoms with E-state index in [4.69, 9.17) is 11.6 Å². The number of rotatable bonds is 4. The molecule has 2 aromatic rings. The molecular formula is C22H24ClN3O2S. The molecule has 0 spiro atoms. The molecule has 1 fully saturated rings. The fourth-order valence-corrected chi connectivity index (χ4v) is 5.09. The van der Waals surface area contributed by atoms with Crippen molar-refractivity contribution in [3.05, 3.63) is 53.6 Å². The number of nitrogens with zero attached hydrogens (tertiary/aromatic N) is 3. The second kappa shape index (κ2) is 9.09. The number of carbonyl (C=O) groups is 2. The van der Waals surface area contributed by atoms with Crippen molar-refractivity contribution in [1.29, 1.82) is 0 Å². The zero-order chi connectivity index (χ0) is 20.2. The summed E-state index contributed by atoms with van der Waals surface area (Å²) >= 11 is 8.06. The minimum atomic E-state index is 0.0285. The highest BCUT2D eigenvalue weighted by atomic mass is 35.5. The number of carbonyl (C=O) groups excluding carboxylic acids is 2. The summed E-state index contributed by atoms with van der Waals surface area (Å²) in [5, 5.41) is 0.734. The van der Waals surface area contributed by atoms with Crippen LogP contribution in [0, 0.1) is 0 Å². The first-order chi connectivity index (χ1) is 14.1. The fourth-order valence-electron chi connectivity index (χ4n) is 3.84. The monoisotopic (exact) mass is 429 g/mol. The van der Waals surface area contributed by atoms with Crippen molar-refractivity contribution in [1.82, 2.24) is 4.90 Å². The van der Waals surface area contributed by atoms with Gasteiger partial charge in [0.25, 0.3) is 0 Å². The number of hydrogen-bond donors (Lipinski definition) is 0. The maximum absolute atomic E-state index is 12.7. The van der Waals surface area contributed by atoms with Gasteiger partial charge in [-0.15, -0.1) is 11.8 Å². The first-order valence-corrected chi connectivity index (χ1v) is 11.3. The lowest BCUT2D eigenvalue weighted by atomic mass is 10.2. The van der Waals surface area contributed by atoms with Crippen molar-refractivity contribution >= 4 is 46.6 Å². The topological polar surface area (TPSA) is 43.9 Å². The maximum atomic E-state index is 12.7. The van der Waals surface area contributed by atoms with E-state index in [0.717, 1.165) is 40.1 Å². The zero-order valence-electron chi connectivity index (χ0n) is 16.2. The van der Waals surface area contributed by atoms with Crippen molar-refractivity contribution in [3.63, 3.8) is 0 Å². The van der Waals surface area contributed by atoms with Crippen LogP contribution < -0.4 is 9.80 Å². The number of piperazine rings is 1. The number of benzene rings is 2. The van der Waals surface area contributed by atoms with Gasteiger partial charge >= 0.3 is 0 Å². The zero-order valence-corrected chi connectivity index (χ0v) is 17.8. The summed E-state index contributed by atoms with van der Waals surface area (Å²) in [7, 11) is 0. The van der Waals surface area contributed by atoms with Crippen LogP contribution in [0.3, 0.4) is 0 Å². The molecule has 152 valence electrons. The number of fused-ring (bicyclic) bond motifs is 1. The molecule has 5 nitrogen and oxygen atoms in total. The Labute approximate surface area is 180 Å². The molecular weight excluding hydrogens is 406 g/mol. The third-order valence-corrected chi connectivity index (χ3v) is 6.77. The predicted molar refractivity (Wildman–Crippen MR) is 119 cm³/mol. The van der Waals surface area contributed by atoms with Gasteiger partial charge in [-0.3, -0.25) is 9.59 Å². The molecule has 2 amide bonds. The Kier molecular flexibility index (Phi) is 6.31. The van der Waals surface area contributed by atoms with E-state index in [0.29, 0.717) is 19.6 Å².